The first kappa shape index (κ1) is 11.8. The fourth-order valence-electron chi connectivity index (χ4n) is 1.10. The van der Waals surface area contributed by atoms with Gasteiger partial charge in [-0.15, -0.1) is 0 Å². The van der Waals surface area contributed by atoms with Crippen LogP contribution in [0, 0.1) is 0 Å². The van der Waals surface area contributed by atoms with Crippen LogP contribution in [-0.4, -0.2) is 24.2 Å². The Hall–Kier alpha value is -1.24. The smallest absolute Gasteiger partial charge is 0.159 e. The van der Waals surface area contributed by atoms with Crippen molar-refractivity contribution in [2.75, 3.05) is 19.6 Å². The predicted octanol–water partition coefficient (Wildman–Crippen LogP) is 0.616. The zero-order valence-electron chi connectivity index (χ0n) is 9.15. The molecule has 0 aliphatic rings. The van der Waals surface area contributed by atoms with Gasteiger partial charge in [-0.2, -0.15) is 0 Å². The summed E-state index contributed by atoms with van der Waals surface area (Å²) in [6.07, 6.45) is -0.172. The minimum atomic E-state index is -0.172. The van der Waals surface area contributed by atoms with E-state index in [2.05, 4.69) is 15.4 Å². The molecule has 0 radical (unpaired) electrons. The summed E-state index contributed by atoms with van der Waals surface area (Å²) in [5.74, 6) is 6.44. The maximum atomic E-state index is 5.30. The van der Waals surface area contributed by atoms with Gasteiger partial charge in [-0.1, -0.05) is 0 Å². The molecule has 1 aromatic heterocycles. The van der Waals surface area contributed by atoms with E-state index in [-0.39, 0.29) is 6.10 Å². The Kier molecular flexibility index (Phi) is 4.41. The Morgan fingerprint density at radius 3 is 2.73 bits per heavy atom. The van der Waals surface area contributed by atoms with E-state index in [9.17, 15) is 0 Å². The summed E-state index contributed by atoms with van der Waals surface area (Å²) >= 11 is 0. The van der Waals surface area contributed by atoms with Crippen LogP contribution >= 0.6 is 0 Å². The summed E-state index contributed by atoms with van der Waals surface area (Å²) in [4.78, 5) is 8.46. The average molecular weight is 212 g/mol. The second-order valence-electron chi connectivity index (χ2n) is 3.06. The molecule has 3 N–H and O–H groups in total. The van der Waals surface area contributed by atoms with E-state index in [1.54, 1.807) is 20.3 Å². The third kappa shape index (κ3) is 3.12. The van der Waals surface area contributed by atoms with Gasteiger partial charge in [-0.05, 0) is 6.92 Å². The first-order valence-corrected chi connectivity index (χ1v) is 4.57. The van der Waals surface area contributed by atoms with E-state index >= 15 is 0 Å². The number of hydrogen-bond donors (Lipinski definition) is 2. The fourth-order valence-corrected chi connectivity index (χ4v) is 1.10. The minimum absolute atomic E-state index is 0.172. The number of nitrogens with two attached hydrogens (primary N) is 1. The van der Waals surface area contributed by atoms with Crippen LogP contribution < -0.4 is 11.3 Å². The summed E-state index contributed by atoms with van der Waals surface area (Å²) in [5, 5.41) is 0. The quantitative estimate of drug-likeness (QED) is 0.550. The number of nitrogens with one attached hydrogen (secondary N) is 1. The molecular weight excluding hydrogens is 196 g/mol. The normalized spacial score (nSPS) is 12.5. The molecule has 0 fully saturated rings. The summed E-state index contributed by atoms with van der Waals surface area (Å²) in [6, 6.07) is 1.73. The van der Waals surface area contributed by atoms with E-state index in [0.717, 1.165) is 5.69 Å². The summed E-state index contributed by atoms with van der Waals surface area (Å²) in [6.45, 7) is 2.28. The Bertz CT molecular complexity index is 319. The van der Waals surface area contributed by atoms with Gasteiger partial charge in [0.05, 0.1) is 12.3 Å². The molecule has 1 aromatic rings. The molecule has 0 saturated carbocycles. The van der Waals surface area contributed by atoms with Gasteiger partial charge in [0.15, 0.2) is 5.82 Å². The van der Waals surface area contributed by atoms with Gasteiger partial charge >= 0.3 is 0 Å². The van der Waals surface area contributed by atoms with Crippen molar-refractivity contribution in [1.29, 1.82) is 0 Å². The highest BCUT2D eigenvalue weighted by Crippen LogP contribution is 2.14. The largest absolute Gasteiger partial charge is 0.378 e. The molecule has 0 aromatic carbocycles. The number of hydrogen-bond acceptors (Lipinski definition) is 6. The Morgan fingerprint density at radius 1 is 1.47 bits per heavy atom. The van der Waals surface area contributed by atoms with Gasteiger partial charge in [0, 0.05) is 20.3 Å². The molecule has 6 heteroatoms. The highest BCUT2D eigenvalue weighted by atomic mass is 16.5. The Labute approximate surface area is 88.8 Å². The van der Waals surface area contributed by atoms with Crippen LogP contribution in [0.2, 0.25) is 0 Å². The highest BCUT2D eigenvalue weighted by molar-refractivity contribution is 5.34. The van der Waals surface area contributed by atoms with E-state index in [1.807, 2.05) is 6.92 Å². The summed E-state index contributed by atoms with van der Waals surface area (Å²) < 4.78 is 10.1. The lowest BCUT2D eigenvalue weighted by Gasteiger charge is -2.11. The molecule has 0 saturated heterocycles. The van der Waals surface area contributed by atoms with Crippen molar-refractivity contribution in [3.8, 4) is 0 Å². The number of anilines is 1. The maximum Gasteiger partial charge on any atom is 0.159 e. The van der Waals surface area contributed by atoms with E-state index in [0.29, 0.717) is 18.2 Å². The van der Waals surface area contributed by atoms with Crippen LogP contribution in [0.25, 0.3) is 0 Å². The molecule has 84 valence electrons. The lowest BCUT2D eigenvalue weighted by molar-refractivity contribution is 0.111. The SMILES string of the molecule is COCc1cc(NN)nc(C(C)OC)n1. The second-order valence-corrected chi connectivity index (χ2v) is 3.06. The van der Waals surface area contributed by atoms with Gasteiger partial charge in [-0.3, -0.25) is 0 Å². The third-order valence-corrected chi connectivity index (χ3v) is 1.95. The third-order valence-electron chi connectivity index (χ3n) is 1.95. The molecule has 6 nitrogen and oxygen atoms in total. The van der Waals surface area contributed by atoms with Gasteiger partial charge in [-0.25, -0.2) is 15.8 Å². The molecule has 0 spiro atoms. The van der Waals surface area contributed by atoms with Crippen molar-refractivity contribution in [3.05, 3.63) is 17.6 Å². The monoisotopic (exact) mass is 212 g/mol. The van der Waals surface area contributed by atoms with Crippen molar-refractivity contribution in [2.45, 2.75) is 19.6 Å². The Morgan fingerprint density at radius 2 is 2.20 bits per heavy atom. The van der Waals surface area contributed by atoms with Crippen LogP contribution in [0.1, 0.15) is 24.5 Å². The number of rotatable bonds is 5. The molecule has 1 atom stereocenters. The number of nitrogens with zero attached hydrogens (tertiary/aromatic N) is 2. The number of methoxy groups -OCH3 is 2. The number of aromatic nitrogens is 2. The number of ether oxygens (including phenoxy) is 2. The number of nitrogen functional groups attached to an aromatic ring is 1. The van der Waals surface area contributed by atoms with E-state index < -0.39 is 0 Å². The zero-order chi connectivity index (χ0) is 11.3. The van der Waals surface area contributed by atoms with Crippen molar-refractivity contribution in [1.82, 2.24) is 9.97 Å². The van der Waals surface area contributed by atoms with Crippen LogP contribution in [0.5, 0.6) is 0 Å². The highest BCUT2D eigenvalue weighted by Gasteiger charge is 2.10. The first-order chi connectivity index (χ1) is 7.21. The van der Waals surface area contributed by atoms with Gasteiger partial charge in [0.2, 0.25) is 0 Å². The molecule has 0 aliphatic carbocycles. The lowest BCUT2D eigenvalue weighted by atomic mass is 10.3. The van der Waals surface area contributed by atoms with Gasteiger partial charge < -0.3 is 14.9 Å². The maximum absolute atomic E-state index is 5.30. The van der Waals surface area contributed by atoms with Crippen molar-refractivity contribution in [2.24, 2.45) is 5.84 Å². The molecule has 1 unspecified atom stereocenters. The second kappa shape index (κ2) is 5.59. The first-order valence-electron chi connectivity index (χ1n) is 4.57. The van der Waals surface area contributed by atoms with Gasteiger partial charge in [0.25, 0.3) is 0 Å². The average Bonchev–Trinajstić information content (AvgIpc) is 2.28. The molecule has 0 amide bonds. The standard InChI is InChI=1S/C9H16N4O2/c1-6(15-3)9-11-7(5-14-2)4-8(12-9)13-10/h4,6H,5,10H2,1-3H3,(H,11,12,13). The predicted molar refractivity (Wildman–Crippen MR) is 56.0 cm³/mol. The molecule has 0 aliphatic heterocycles. The van der Waals surface area contributed by atoms with Crippen LogP contribution in [0.4, 0.5) is 5.82 Å². The minimum Gasteiger partial charge on any atom is -0.378 e. The topological polar surface area (TPSA) is 82.3 Å². The van der Waals surface area contributed by atoms with E-state index in [1.165, 1.54) is 0 Å². The molecular formula is C9H16N4O2. The summed E-state index contributed by atoms with van der Waals surface area (Å²) in [7, 11) is 3.21. The molecule has 1 heterocycles. The molecule has 0 bridgehead atoms. The molecule has 1 rings (SSSR count). The molecule has 15 heavy (non-hydrogen) atoms. The zero-order valence-corrected chi connectivity index (χ0v) is 9.15. The van der Waals surface area contributed by atoms with Crippen LogP contribution in [0.15, 0.2) is 6.07 Å². The summed E-state index contributed by atoms with van der Waals surface area (Å²) in [5.41, 5.74) is 3.25. The van der Waals surface area contributed by atoms with E-state index in [4.69, 9.17) is 15.3 Å². The van der Waals surface area contributed by atoms with Crippen molar-refractivity contribution >= 4 is 5.82 Å². The van der Waals surface area contributed by atoms with Crippen molar-refractivity contribution in [3.63, 3.8) is 0 Å². The van der Waals surface area contributed by atoms with Crippen molar-refractivity contribution < 1.29 is 9.47 Å². The lowest BCUT2D eigenvalue weighted by Crippen LogP contribution is -2.13. The number of hydrazine groups is 1. The van der Waals surface area contributed by atoms with Crippen LogP contribution in [-0.2, 0) is 16.1 Å². The fraction of sp³-hybridized carbons (Fsp3) is 0.556. The van der Waals surface area contributed by atoms with Crippen LogP contribution in [0.3, 0.4) is 0 Å². The Balaban J connectivity index is 2.99. The van der Waals surface area contributed by atoms with Gasteiger partial charge in [0.1, 0.15) is 11.9 Å².